The molecule has 2 nitrogen and oxygen atoms in total. The van der Waals surface area contributed by atoms with Gasteiger partial charge in [-0.05, 0) is 17.5 Å². The lowest BCUT2D eigenvalue weighted by Gasteiger charge is -2.21. The Kier molecular flexibility index (Phi) is 2.79. The van der Waals surface area contributed by atoms with Gasteiger partial charge in [-0.25, -0.2) is 8.78 Å². The van der Waals surface area contributed by atoms with E-state index in [0.717, 1.165) is 12.1 Å². The van der Waals surface area contributed by atoms with E-state index in [-0.39, 0.29) is 17.0 Å². The molecule has 0 aliphatic heterocycles. The fraction of sp³-hybridized carbons (Fsp3) is 0.364. The van der Waals surface area contributed by atoms with Gasteiger partial charge in [0.1, 0.15) is 17.5 Å². The van der Waals surface area contributed by atoms with E-state index in [0.29, 0.717) is 0 Å². The van der Waals surface area contributed by atoms with Gasteiger partial charge in [-0.15, -0.1) is 0 Å². The van der Waals surface area contributed by atoms with Gasteiger partial charge < -0.3 is 5.73 Å². The van der Waals surface area contributed by atoms with Crippen molar-refractivity contribution in [2.75, 3.05) is 0 Å². The van der Waals surface area contributed by atoms with E-state index in [2.05, 4.69) is 0 Å². The second-order valence-corrected chi connectivity index (χ2v) is 4.48. The first-order valence-corrected chi connectivity index (χ1v) is 4.57. The second kappa shape index (κ2) is 3.61. The summed E-state index contributed by atoms with van der Waals surface area (Å²) in [6.45, 7) is 5.17. The van der Waals surface area contributed by atoms with Crippen LogP contribution >= 0.6 is 0 Å². The molecule has 0 aromatic heterocycles. The number of hydrogen-bond donors (Lipinski definition) is 2. The lowest BCUT2D eigenvalue weighted by molar-refractivity contribution is 0.475. The molecule has 0 aliphatic rings. The van der Waals surface area contributed by atoms with Crippen LogP contribution in [0.4, 0.5) is 8.78 Å². The molecule has 0 bridgehead atoms. The number of nitrogen functional groups attached to an aromatic ring is 1. The summed E-state index contributed by atoms with van der Waals surface area (Å²) < 4.78 is 27.2. The fourth-order valence-electron chi connectivity index (χ4n) is 1.45. The van der Waals surface area contributed by atoms with Gasteiger partial charge in [0, 0.05) is 11.1 Å². The Labute approximate surface area is 87.6 Å². The third-order valence-electron chi connectivity index (χ3n) is 2.10. The maximum Gasteiger partial charge on any atom is 0.130 e. The molecule has 0 fully saturated rings. The number of rotatable bonds is 1. The van der Waals surface area contributed by atoms with Gasteiger partial charge in [0.05, 0.1) is 0 Å². The van der Waals surface area contributed by atoms with Crippen molar-refractivity contribution in [3.8, 4) is 0 Å². The van der Waals surface area contributed by atoms with E-state index in [1.807, 2.05) is 0 Å². The highest BCUT2D eigenvalue weighted by molar-refractivity contribution is 5.95. The van der Waals surface area contributed by atoms with Gasteiger partial charge in [0.15, 0.2) is 0 Å². The maximum absolute atomic E-state index is 13.6. The molecule has 0 saturated heterocycles. The summed E-state index contributed by atoms with van der Waals surface area (Å²) in [6, 6.07) is 2.18. The first-order chi connectivity index (χ1) is 6.73. The van der Waals surface area contributed by atoms with Crippen molar-refractivity contribution in [3.05, 3.63) is 34.9 Å². The first kappa shape index (κ1) is 11.6. The lowest BCUT2D eigenvalue weighted by Crippen LogP contribution is -2.19. The molecule has 0 saturated carbocycles. The molecule has 0 aliphatic carbocycles. The quantitative estimate of drug-likeness (QED) is 0.545. The Hall–Kier alpha value is -1.45. The zero-order valence-corrected chi connectivity index (χ0v) is 8.99. The molecule has 1 aromatic rings. The van der Waals surface area contributed by atoms with Crippen LogP contribution in [0.15, 0.2) is 12.1 Å². The monoisotopic (exact) mass is 212 g/mol. The molecule has 0 unspecified atom stereocenters. The largest absolute Gasteiger partial charge is 0.384 e. The van der Waals surface area contributed by atoms with Gasteiger partial charge in [-0.1, -0.05) is 20.8 Å². The van der Waals surface area contributed by atoms with Gasteiger partial charge in [-0.2, -0.15) is 0 Å². The van der Waals surface area contributed by atoms with E-state index in [1.54, 1.807) is 20.8 Å². The van der Waals surface area contributed by atoms with E-state index in [4.69, 9.17) is 11.1 Å². The minimum atomic E-state index is -0.660. The minimum absolute atomic E-state index is 0.0208. The highest BCUT2D eigenvalue weighted by Gasteiger charge is 2.23. The van der Waals surface area contributed by atoms with E-state index in [9.17, 15) is 8.78 Å². The number of halogens is 2. The normalized spacial score (nSPS) is 11.5. The highest BCUT2D eigenvalue weighted by atomic mass is 19.1. The molecule has 3 N–H and O–H groups in total. The summed E-state index contributed by atoms with van der Waals surface area (Å²) in [7, 11) is 0. The van der Waals surface area contributed by atoms with Gasteiger partial charge in [0.25, 0.3) is 0 Å². The van der Waals surface area contributed by atoms with Crippen molar-refractivity contribution in [1.29, 1.82) is 5.41 Å². The minimum Gasteiger partial charge on any atom is -0.384 e. The van der Waals surface area contributed by atoms with Crippen molar-refractivity contribution in [2.45, 2.75) is 26.2 Å². The predicted octanol–water partition coefficient (Wildman–Crippen LogP) is 2.55. The molecule has 0 radical (unpaired) electrons. The van der Waals surface area contributed by atoms with Crippen LogP contribution < -0.4 is 5.73 Å². The summed E-state index contributed by atoms with van der Waals surface area (Å²) in [4.78, 5) is 0. The Morgan fingerprint density at radius 2 is 1.60 bits per heavy atom. The van der Waals surface area contributed by atoms with Crippen LogP contribution in [0.3, 0.4) is 0 Å². The molecule has 15 heavy (non-hydrogen) atoms. The fourth-order valence-corrected chi connectivity index (χ4v) is 1.45. The van der Waals surface area contributed by atoms with Gasteiger partial charge in [-0.3, -0.25) is 5.41 Å². The number of hydrogen-bond acceptors (Lipinski definition) is 1. The third kappa shape index (κ3) is 2.32. The molecule has 0 spiro atoms. The molecule has 0 amide bonds. The van der Waals surface area contributed by atoms with Crippen LogP contribution in [0.2, 0.25) is 0 Å². The van der Waals surface area contributed by atoms with E-state index in [1.165, 1.54) is 0 Å². The van der Waals surface area contributed by atoms with E-state index >= 15 is 0 Å². The average molecular weight is 212 g/mol. The Morgan fingerprint density at radius 3 is 1.87 bits per heavy atom. The molecular formula is C11H14F2N2. The molecule has 0 heterocycles. The lowest BCUT2D eigenvalue weighted by atomic mass is 9.85. The Bertz CT molecular complexity index is 383. The molecule has 1 aromatic carbocycles. The van der Waals surface area contributed by atoms with Crippen LogP contribution in [0, 0.1) is 17.0 Å². The zero-order valence-electron chi connectivity index (χ0n) is 8.99. The SMILES string of the molecule is CC(C)(C)c1c(F)cc(C(=N)N)cc1F. The van der Waals surface area contributed by atoms with Gasteiger partial charge in [0.2, 0.25) is 0 Å². The summed E-state index contributed by atoms with van der Waals surface area (Å²) >= 11 is 0. The summed E-state index contributed by atoms with van der Waals surface area (Å²) in [5.74, 6) is -1.66. The number of nitrogens with two attached hydrogens (primary N) is 1. The van der Waals surface area contributed by atoms with E-state index < -0.39 is 17.0 Å². The average Bonchev–Trinajstić information content (AvgIpc) is 1.99. The molecule has 1 rings (SSSR count). The second-order valence-electron chi connectivity index (χ2n) is 4.48. The number of nitrogens with one attached hydrogen (secondary N) is 1. The molecule has 4 heteroatoms. The summed E-state index contributed by atoms with van der Waals surface area (Å²) in [6.07, 6.45) is 0. The van der Waals surface area contributed by atoms with Crippen LogP contribution in [0.5, 0.6) is 0 Å². The third-order valence-corrected chi connectivity index (χ3v) is 2.10. The Morgan fingerprint density at radius 1 is 1.20 bits per heavy atom. The molecule has 0 atom stereocenters. The smallest absolute Gasteiger partial charge is 0.130 e. The van der Waals surface area contributed by atoms with Crippen LogP contribution in [0.25, 0.3) is 0 Å². The van der Waals surface area contributed by atoms with Gasteiger partial charge >= 0.3 is 0 Å². The summed E-state index contributed by atoms with van der Waals surface area (Å²) in [5.41, 5.74) is 4.64. The molecular weight excluding hydrogens is 198 g/mol. The van der Waals surface area contributed by atoms with Crippen LogP contribution in [-0.4, -0.2) is 5.84 Å². The first-order valence-electron chi connectivity index (χ1n) is 4.57. The maximum atomic E-state index is 13.6. The standard InChI is InChI=1S/C11H14F2N2/c1-11(2,3)9-7(12)4-6(10(14)15)5-8(9)13/h4-5H,1-3H3,(H3,14,15). The number of benzene rings is 1. The summed E-state index contributed by atoms with van der Waals surface area (Å²) in [5, 5.41) is 7.10. The Balaban J connectivity index is 3.41. The van der Waals surface area contributed by atoms with Crippen molar-refractivity contribution in [1.82, 2.24) is 0 Å². The van der Waals surface area contributed by atoms with Crippen LogP contribution in [-0.2, 0) is 5.41 Å². The van der Waals surface area contributed by atoms with Crippen molar-refractivity contribution in [3.63, 3.8) is 0 Å². The molecule has 82 valence electrons. The van der Waals surface area contributed by atoms with Crippen molar-refractivity contribution < 1.29 is 8.78 Å². The highest BCUT2D eigenvalue weighted by Crippen LogP contribution is 2.28. The zero-order chi connectivity index (χ0) is 11.8. The van der Waals surface area contributed by atoms with Crippen LogP contribution in [0.1, 0.15) is 31.9 Å². The van der Waals surface area contributed by atoms with Crippen molar-refractivity contribution >= 4 is 5.84 Å². The predicted molar refractivity (Wildman–Crippen MR) is 56.1 cm³/mol. The topological polar surface area (TPSA) is 49.9 Å². The number of amidine groups is 1. The van der Waals surface area contributed by atoms with Crippen molar-refractivity contribution in [2.24, 2.45) is 5.73 Å².